The number of amides is 1. The number of benzene rings is 2. The van der Waals surface area contributed by atoms with E-state index in [1.807, 2.05) is 42.5 Å². The Balaban J connectivity index is 1.83. The summed E-state index contributed by atoms with van der Waals surface area (Å²) in [5.41, 5.74) is 2.60. The maximum atomic E-state index is 12.9. The van der Waals surface area contributed by atoms with Crippen molar-refractivity contribution in [2.24, 2.45) is 7.05 Å². The van der Waals surface area contributed by atoms with Crippen LogP contribution in [0, 0.1) is 0 Å². The molecule has 0 aliphatic heterocycles. The van der Waals surface area contributed by atoms with E-state index in [2.05, 4.69) is 10.4 Å². The molecule has 1 N–H and O–H groups in total. The Bertz CT molecular complexity index is 971. The average molecular weight is 400 g/mol. The Labute approximate surface area is 169 Å². The van der Waals surface area contributed by atoms with E-state index in [4.69, 9.17) is 21.1 Å². The van der Waals surface area contributed by atoms with Crippen LogP contribution in [0.2, 0.25) is 5.02 Å². The first-order chi connectivity index (χ1) is 13.5. The van der Waals surface area contributed by atoms with Gasteiger partial charge in [0.1, 0.15) is 17.5 Å². The van der Waals surface area contributed by atoms with Crippen LogP contribution in [0.15, 0.2) is 54.7 Å². The number of halogens is 1. The largest absolute Gasteiger partial charge is 0.496 e. The molecule has 1 amide bonds. The molecule has 0 bridgehead atoms. The molecule has 146 valence electrons. The molecule has 1 heterocycles. The van der Waals surface area contributed by atoms with E-state index < -0.39 is 0 Å². The molecule has 0 aliphatic rings. The molecular weight excluding hydrogens is 378 g/mol. The highest BCUT2D eigenvalue weighted by molar-refractivity contribution is 6.31. The summed E-state index contributed by atoms with van der Waals surface area (Å²) in [5, 5.41) is 7.97. The van der Waals surface area contributed by atoms with Crippen LogP contribution >= 0.6 is 11.6 Å². The number of rotatable bonds is 7. The lowest BCUT2D eigenvalue weighted by atomic mass is 10.1. The van der Waals surface area contributed by atoms with Crippen LogP contribution < -0.4 is 10.1 Å². The van der Waals surface area contributed by atoms with Crippen molar-refractivity contribution in [3.05, 3.63) is 70.9 Å². The molecule has 0 spiro atoms. The van der Waals surface area contributed by atoms with Crippen molar-refractivity contribution < 1.29 is 14.3 Å². The smallest absolute Gasteiger partial charge is 0.255 e. The van der Waals surface area contributed by atoms with Crippen molar-refractivity contribution in [3.8, 4) is 17.0 Å². The van der Waals surface area contributed by atoms with Crippen molar-refractivity contribution in [1.82, 2.24) is 15.1 Å². The topological polar surface area (TPSA) is 65.4 Å². The maximum Gasteiger partial charge on any atom is 0.255 e. The molecule has 3 aromatic rings. The molecule has 1 atom stereocenters. The van der Waals surface area contributed by atoms with Crippen molar-refractivity contribution in [2.75, 3.05) is 20.8 Å². The lowest BCUT2D eigenvalue weighted by Gasteiger charge is -2.17. The summed E-state index contributed by atoms with van der Waals surface area (Å²) in [6.45, 7) is 0.277. The van der Waals surface area contributed by atoms with Gasteiger partial charge in [-0.2, -0.15) is 5.10 Å². The SMILES string of the molecule is COc1ccccc1-c1nn(C)cc1C(=O)NCC(OC)c1ccccc1Cl. The molecule has 7 heteroatoms. The van der Waals surface area contributed by atoms with E-state index in [-0.39, 0.29) is 18.6 Å². The zero-order valence-electron chi connectivity index (χ0n) is 16.0. The molecular formula is C21H22ClN3O3. The number of nitrogens with zero attached hydrogens (tertiary/aromatic N) is 2. The fourth-order valence-corrected chi connectivity index (χ4v) is 3.29. The summed E-state index contributed by atoms with van der Waals surface area (Å²) < 4.78 is 12.5. The monoisotopic (exact) mass is 399 g/mol. The van der Waals surface area contributed by atoms with Gasteiger partial charge in [-0.1, -0.05) is 41.9 Å². The van der Waals surface area contributed by atoms with Crippen LogP contribution in [-0.2, 0) is 11.8 Å². The molecule has 2 aromatic carbocycles. The quantitative estimate of drug-likeness (QED) is 0.655. The van der Waals surface area contributed by atoms with Crippen LogP contribution in [0.5, 0.6) is 5.75 Å². The summed E-state index contributed by atoms with van der Waals surface area (Å²) in [4.78, 5) is 12.9. The molecule has 28 heavy (non-hydrogen) atoms. The third-order valence-electron chi connectivity index (χ3n) is 4.42. The molecule has 0 saturated carbocycles. The normalized spacial score (nSPS) is 11.9. The second kappa shape index (κ2) is 8.91. The number of nitrogens with one attached hydrogen (secondary N) is 1. The fourth-order valence-electron chi connectivity index (χ4n) is 3.03. The Morgan fingerprint density at radius 3 is 2.61 bits per heavy atom. The van der Waals surface area contributed by atoms with E-state index in [1.54, 1.807) is 38.2 Å². The number of hydrogen-bond donors (Lipinski definition) is 1. The molecule has 3 rings (SSSR count). The lowest BCUT2D eigenvalue weighted by Crippen LogP contribution is -2.29. The number of carbonyl (C=O) groups excluding carboxylic acids is 1. The van der Waals surface area contributed by atoms with Gasteiger partial charge in [-0.15, -0.1) is 0 Å². The Hall–Kier alpha value is -2.83. The molecule has 0 aliphatic carbocycles. The van der Waals surface area contributed by atoms with Gasteiger partial charge in [-0.25, -0.2) is 0 Å². The van der Waals surface area contributed by atoms with Crippen LogP contribution in [0.3, 0.4) is 0 Å². The van der Waals surface area contributed by atoms with Gasteiger partial charge in [0.25, 0.3) is 5.91 Å². The van der Waals surface area contributed by atoms with Gasteiger partial charge >= 0.3 is 0 Å². The lowest BCUT2D eigenvalue weighted by molar-refractivity contribution is 0.0828. The highest BCUT2D eigenvalue weighted by Gasteiger charge is 2.21. The van der Waals surface area contributed by atoms with E-state index in [0.717, 1.165) is 11.1 Å². The van der Waals surface area contributed by atoms with E-state index in [9.17, 15) is 4.79 Å². The van der Waals surface area contributed by atoms with Gasteiger partial charge in [0.15, 0.2) is 0 Å². The summed E-state index contributed by atoms with van der Waals surface area (Å²) in [7, 11) is 4.95. The standard InChI is InChI=1S/C21H22ClN3O3/c1-25-13-16(20(24-25)15-9-5-7-11-18(15)27-2)21(26)23-12-19(28-3)14-8-4-6-10-17(14)22/h4-11,13,19H,12H2,1-3H3,(H,23,26). The van der Waals surface area contributed by atoms with Gasteiger partial charge in [0.05, 0.1) is 12.7 Å². The van der Waals surface area contributed by atoms with Crippen LogP contribution in [0.4, 0.5) is 0 Å². The van der Waals surface area contributed by atoms with Crippen LogP contribution in [-0.4, -0.2) is 36.5 Å². The number of hydrogen-bond acceptors (Lipinski definition) is 4. The van der Waals surface area contributed by atoms with Crippen molar-refractivity contribution >= 4 is 17.5 Å². The Morgan fingerprint density at radius 2 is 1.89 bits per heavy atom. The molecule has 0 saturated heterocycles. The number of aromatic nitrogens is 2. The molecule has 6 nitrogen and oxygen atoms in total. The van der Waals surface area contributed by atoms with Crippen LogP contribution in [0.25, 0.3) is 11.3 Å². The number of aryl methyl sites for hydroxylation is 1. The van der Waals surface area contributed by atoms with Crippen molar-refractivity contribution in [1.29, 1.82) is 0 Å². The van der Waals surface area contributed by atoms with Gasteiger partial charge in [-0.05, 0) is 18.2 Å². The summed E-state index contributed by atoms with van der Waals surface area (Å²) in [5.74, 6) is 0.407. The first kappa shape index (κ1) is 19.9. The summed E-state index contributed by atoms with van der Waals surface area (Å²) >= 11 is 6.25. The van der Waals surface area contributed by atoms with E-state index in [0.29, 0.717) is 22.0 Å². The maximum absolute atomic E-state index is 12.9. The number of ether oxygens (including phenoxy) is 2. The first-order valence-corrected chi connectivity index (χ1v) is 9.15. The second-order valence-corrected chi connectivity index (χ2v) is 6.63. The van der Waals surface area contributed by atoms with E-state index in [1.165, 1.54) is 0 Å². The van der Waals surface area contributed by atoms with Gasteiger partial charge < -0.3 is 14.8 Å². The molecule has 1 aromatic heterocycles. The minimum absolute atomic E-state index is 0.247. The predicted molar refractivity (Wildman–Crippen MR) is 109 cm³/mol. The first-order valence-electron chi connectivity index (χ1n) is 8.77. The molecule has 0 fully saturated rings. The number of carbonyl (C=O) groups is 1. The minimum atomic E-state index is -0.357. The van der Waals surface area contributed by atoms with E-state index >= 15 is 0 Å². The van der Waals surface area contributed by atoms with Crippen molar-refractivity contribution in [3.63, 3.8) is 0 Å². The van der Waals surface area contributed by atoms with Crippen LogP contribution in [0.1, 0.15) is 22.0 Å². The summed E-state index contributed by atoms with van der Waals surface area (Å²) in [6.07, 6.45) is 1.33. The van der Waals surface area contributed by atoms with Gasteiger partial charge in [-0.3, -0.25) is 9.48 Å². The minimum Gasteiger partial charge on any atom is -0.496 e. The molecule has 0 radical (unpaired) electrons. The fraction of sp³-hybridized carbons (Fsp3) is 0.238. The average Bonchev–Trinajstić information content (AvgIpc) is 3.11. The van der Waals surface area contributed by atoms with Crippen molar-refractivity contribution in [2.45, 2.75) is 6.10 Å². The van der Waals surface area contributed by atoms with Gasteiger partial charge in [0, 0.05) is 43.0 Å². The second-order valence-electron chi connectivity index (χ2n) is 6.22. The van der Waals surface area contributed by atoms with Gasteiger partial charge in [0.2, 0.25) is 0 Å². The zero-order chi connectivity index (χ0) is 20.1. The molecule has 1 unspecified atom stereocenters. The highest BCUT2D eigenvalue weighted by atomic mass is 35.5. The zero-order valence-corrected chi connectivity index (χ0v) is 16.7. The third-order valence-corrected chi connectivity index (χ3v) is 4.76. The Morgan fingerprint density at radius 1 is 1.18 bits per heavy atom. The number of para-hydroxylation sites is 1. The number of methoxy groups -OCH3 is 2. The predicted octanol–water partition coefficient (Wildman–Crippen LogP) is 3.87. The Kier molecular flexibility index (Phi) is 6.34. The highest BCUT2D eigenvalue weighted by Crippen LogP contribution is 2.31. The summed E-state index contributed by atoms with van der Waals surface area (Å²) in [6, 6.07) is 14.9. The third kappa shape index (κ3) is 4.18.